The van der Waals surface area contributed by atoms with Crippen LogP contribution in [0.2, 0.25) is 0 Å². The number of thioether (sulfide) groups is 1. The first-order valence-corrected chi connectivity index (χ1v) is 11.1. The maximum Gasteiger partial charge on any atom is 0.229 e. The fraction of sp³-hybridized carbons (Fsp3) is 0.286. The highest BCUT2D eigenvalue weighted by Crippen LogP contribution is 2.48. The van der Waals surface area contributed by atoms with Gasteiger partial charge in [0.25, 0.3) is 0 Å². The van der Waals surface area contributed by atoms with Crippen LogP contribution in [-0.4, -0.2) is 28.5 Å². The molecular formula is C21H21N3O2S2. The Kier molecular flexibility index (Phi) is 6.24. The van der Waals surface area contributed by atoms with Gasteiger partial charge in [-0.25, -0.2) is 0 Å². The number of nitrogens with zero attached hydrogens (tertiary/aromatic N) is 2. The fourth-order valence-corrected chi connectivity index (χ4v) is 4.73. The number of amides is 1. The number of hydrogen-bond donors (Lipinski definition) is 1. The fourth-order valence-electron chi connectivity index (χ4n) is 3.00. The minimum Gasteiger partial charge on any atom is -0.494 e. The summed E-state index contributed by atoms with van der Waals surface area (Å²) in [6.07, 6.45) is 1.82. The van der Waals surface area contributed by atoms with Crippen molar-refractivity contribution in [2.45, 2.75) is 23.1 Å². The van der Waals surface area contributed by atoms with Gasteiger partial charge in [-0.1, -0.05) is 71.6 Å². The van der Waals surface area contributed by atoms with E-state index < -0.39 is 0 Å². The molecule has 5 nitrogen and oxygen atoms in total. The second kappa shape index (κ2) is 9.21. The number of hydrogen-bond acceptors (Lipinski definition) is 6. The van der Waals surface area contributed by atoms with Crippen molar-refractivity contribution in [1.29, 1.82) is 0 Å². The zero-order valence-electron chi connectivity index (χ0n) is 15.3. The largest absolute Gasteiger partial charge is 0.494 e. The molecule has 0 radical (unpaired) electrons. The van der Waals surface area contributed by atoms with E-state index in [0.29, 0.717) is 17.7 Å². The Hall–Kier alpha value is -2.38. The van der Waals surface area contributed by atoms with Gasteiger partial charge in [-0.2, -0.15) is 0 Å². The van der Waals surface area contributed by atoms with Gasteiger partial charge in [0.15, 0.2) is 4.34 Å². The molecule has 28 heavy (non-hydrogen) atoms. The van der Waals surface area contributed by atoms with Crippen LogP contribution in [0.15, 0.2) is 65.0 Å². The summed E-state index contributed by atoms with van der Waals surface area (Å²) in [6.45, 7) is 0.669. The second-order valence-corrected chi connectivity index (χ2v) is 8.90. The smallest absolute Gasteiger partial charge is 0.229 e. The quantitative estimate of drug-likeness (QED) is 0.310. The molecule has 1 aromatic heterocycles. The van der Waals surface area contributed by atoms with Gasteiger partial charge < -0.3 is 10.1 Å². The van der Waals surface area contributed by atoms with Crippen LogP contribution in [0.5, 0.6) is 5.75 Å². The first-order valence-electron chi connectivity index (χ1n) is 9.29. The predicted octanol–water partition coefficient (Wildman–Crippen LogP) is 4.84. The molecule has 0 unspecified atom stereocenters. The van der Waals surface area contributed by atoms with Crippen molar-refractivity contribution < 1.29 is 9.53 Å². The van der Waals surface area contributed by atoms with Crippen molar-refractivity contribution in [3.8, 4) is 5.75 Å². The van der Waals surface area contributed by atoms with Crippen molar-refractivity contribution >= 4 is 34.1 Å². The van der Waals surface area contributed by atoms with Crippen molar-refractivity contribution in [2.75, 3.05) is 17.7 Å². The lowest BCUT2D eigenvalue weighted by molar-refractivity contribution is -0.117. The molecule has 0 spiro atoms. The highest BCUT2D eigenvalue weighted by atomic mass is 32.2. The molecule has 0 aliphatic heterocycles. The predicted molar refractivity (Wildman–Crippen MR) is 113 cm³/mol. The van der Waals surface area contributed by atoms with Gasteiger partial charge in [0, 0.05) is 11.7 Å². The van der Waals surface area contributed by atoms with Crippen LogP contribution in [0.25, 0.3) is 0 Å². The van der Waals surface area contributed by atoms with Crippen molar-refractivity contribution in [1.82, 2.24) is 10.2 Å². The standard InChI is InChI=1S/C21H21N3O2S2/c25-19(18-14-17(18)15-8-3-1-4-9-15)22-20-23-24-21(28-20)27-13-7-12-26-16-10-5-2-6-11-16/h1-6,8-11,17-18H,7,12-14H2,(H,22,23,25)/t17-,18+/m0/s1. The van der Waals surface area contributed by atoms with Gasteiger partial charge in [-0.05, 0) is 36.5 Å². The number of anilines is 1. The average Bonchev–Trinajstić information content (AvgIpc) is 3.43. The average molecular weight is 412 g/mol. The van der Waals surface area contributed by atoms with E-state index in [0.717, 1.165) is 28.7 Å². The van der Waals surface area contributed by atoms with E-state index in [4.69, 9.17) is 4.74 Å². The Morgan fingerprint density at radius 2 is 1.86 bits per heavy atom. The van der Waals surface area contributed by atoms with Gasteiger partial charge in [0.1, 0.15) is 5.75 Å². The van der Waals surface area contributed by atoms with Crippen LogP contribution in [0.3, 0.4) is 0 Å². The third-order valence-electron chi connectivity index (χ3n) is 4.52. The monoisotopic (exact) mass is 411 g/mol. The Bertz CT molecular complexity index is 902. The molecule has 1 fully saturated rings. The molecule has 1 aliphatic carbocycles. The first kappa shape index (κ1) is 19.0. The lowest BCUT2D eigenvalue weighted by atomic mass is 10.1. The third-order valence-corrected chi connectivity index (χ3v) is 6.58. The molecule has 1 aliphatic rings. The summed E-state index contributed by atoms with van der Waals surface area (Å²) >= 11 is 3.06. The molecule has 1 heterocycles. The van der Waals surface area contributed by atoms with Crippen LogP contribution < -0.4 is 10.1 Å². The number of para-hydroxylation sites is 1. The van der Waals surface area contributed by atoms with Crippen LogP contribution in [0.4, 0.5) is 5.13 Å². The number of nitrogens with one attached hydrogen (secondary N) is 1. The van der Waals surface area contributed by atoms with E-state index in [1.165, 1.54) is 16.9 Å². The van der Waals surface area contributed by atoms with E-state index >= 15 is 0 Å². The third kappa shape index (κ3) is 5.11. The molecule has 2 aromatic carbocycles. The van der Waals surface area contributed by atoms with E-state index in [-0.39, 0.29) is 11.8 Å². The Morgan fingerprint density at radius 3 is 2.64 bits per heavy atom. The van der Waals surface area contributed by atoms with E-state index in [9.17, 15) is 4.79 Å². The topological polar surface area (TPSA) is 64.1 Å². The Balaban J connectivity index is 1.17. The molecular weight excluding hydrogens is 390 g/mol. The number of rotatable bonds is 9. The lowest BCUT2D eigenvalue weighted by Crippen LogP contribution is -2.14. The van der Waals surface area contributed by atoms with Crippen LogP contribution in [0.1, 0.15) is 24.3 Å². The van der Waals surface area contributed by atoms with Crippen molar-refractivity contribution in [3.05, 3.63) is 66.2 Å². The molecule has 4 rings (SSSR count). The van der Waals surface area contributed by atoms with Crippen LogP contribution >= 0.6 is 23.1 Å². The maximum atomic E-state index is 12.4. The lowest BCUT2D eigenvalue weighted by Gasteiger charge is -2.04. The highest BCUT2D eigenvalue weighted by molar-refractivity contribution is 8.01. The maximum absolute atomic E-state index is 12.4. The molecule has 2 atom stereocenters. The molecule has 1 amide bonds. The summed E-state index contributed by atoms with van der Waals surface area (Å²) in [7, 11) is 0. The summed E-state index contributed by atoms with van der Waals surface area (Å²) in [5, 5.41) is 11.7. The number of carbonyl (C=O) groups excluding carboxylic acids is 1. The Morgan fingerprint density at radius 1 is 1.11 bits per heavy atom. The summed E-state index contributed by atoms with van der Waals surface area (Å²) in [5.41, 5.74) is 1.23. The minimum absolute atomic E-state index is 0.0394. The molecule has 0 bridgehead atoms. The Labute approximate surface area is 172 Å². The molecule has 144 valence electrons. The van der Waals surface area contributed by atoms with Gasteiger partial charge in [0.2, 0.25) is 11.0 Å². The molecule has 3 aromatic rings. The first-order chi connectivity index (χ1) is 13.8. The number of ether oxygens (including phenoxy) is 1. The zero-order chi connectivity index (χ0) is 19.2. The number of benzene rings is 2. The summed E-state index contributed by atoms with van der Waals surface area (Å²) in [5.74, 6) is 2.19. The summed E-state index contributed by atoms with van der Waals surface area (Å²) in [6, 6.07) is 20.0. The molecule has 1 saturated carbocycles. The van der Waals surface area contributed by atoms with Gasteiger partial charge in [-0.15, -0.1) is 10.2 Å². The zero-order valence-corrected chi connectivity index (χ0v) is 16.9. The summed E-state index contributed by atoms with van der Waals surface area (Å²) in [4.78, 5) is 12.4. The number of carbonyl (C=O) groups is 1. The van der Waals surface area contributed by atoms with E-state index in [1.807, 2.05) is 48.5 Å². The van der Waals surface area contributed by atoms with Crippen LogP contribution in [0, 0.1) is 5.92 Å². The minimum atomic E-state index is 0.0394. The van der Waals surface area contributed by atoms with Crippen molar-refractivity contribution in [3.63, 3.8) is 0 Å². The highest BCUT2D eigenvalue weighted by Gasteiger charge is 2.44. The molecule has 0 saturated heterocycles. The van der Waals surface area contributed by atoms with E-state index in [2.05, 4.69) is 27.6 Å². The van der Waals surface area contributed by atoms with E-state index in [1.54, 1.807) is 11.8 Å². The number of aromatic nitrogens is 2. The van der Waals surface area contributed by atoms with Crippen molar-refractivity contribution in [2.24, 2.45) is 5.92 Å². The van der Waals surface area contributed by atoms with Gasteiger partial charge in [-0.3, -0.25) is 4.79 Å². The normalized spacial score (nSPS) is 17.9. The van der Waals surface area contributed by atoms with Crippen LogP contribution in [-0.2, 0) is 4.79 Å². The van der Waals surface area contributed by atoms with Gasteiger partial charge in [0.05, 0.1) is 6.61 Å². The molecule has 7 heteroatoms. The van der Waals surface area contributed by atoms with Gasteiger partial charge >= 0.3 is 0 Å². The SMILES string of the molecule is O=C(Nc1nnc(SCCCOc2ccccc2)s1)[C@@H]1C[C@H]1c1ccccc1. The second-order valence-electron chi connectivity index (χ2n) is 6.59. The summed E-state index contributed by atoms with van der Waals surface area (Å²) < 4.78 is 6.54. The molecule has 1 N–H and O–H groups in total.